The number of hydrogen-bond acceptors (Lipinski definition) is 4. The minimum absolute atomic E-state index is 0.0388. The molecule has 1 heterocycles. The summed E-state index contributed by atoms with van der Waals surface area (Å²) in [6, 6.07) is 1.36. The first kappa shape index (κ1) is 13.0. The van der Waals surface area contributed by atoms with Crippen molar-refractivity contribution in [1.82, 2.24) is 9.78 Å². The Morgan fingerprint density at radius 2 is 2.25 bits per heavy atom. The van der Waals surface area contributed by atoms with E-state index in [0.717, 1.165) is 5.75 Å². The van der Waals surface area contributed by atoms with Crippen molar-refractivity contribution in [3.8, 4) is 0 Å². The number of nitrogens with zero attached hydrogens (tertiary/aromatic N) is 3. The Hall–Kier alpha value is -1.08. The molecule has 0 unspecified atom stereocenters. The van der Waals surface area contributed by atoms with E-state index in [-0.39, 0.29) is 12.5 Å². The fourth-order valence-electron chi connectivity index (χ4n) is 1.04. The maximum atomic E-state index is 10.6. The highest BCUT2D eigenvalue weighted by molar-refractivity contribution is 8.32. The van der Waals surface area contributed by atoms with E-state index in [0.29, 0.717) is 6.61 Å². The lowest BCUT2D eigenvalue weighted by atomic mass is 10.6. The summed E-state index contributed by atoms with van der Waals surface area (Å²) >= 11 is 0. The van der Waals surface area contributed by atoms with Gasteiger partial charge >= 0.3 is 5.82 Å². The molecule has 0 radical (unpaired) electrons. The van der Waals surface area contributed by atoms with Crippen LogP contribution in [0, 0.1) is 10.1 Å². The third-order valence-electron chi connectivity index (χ3n) is 1.93. The standard InChI is InChI=1S/C9H17N3O3S/c1-16(2,3)7-6-15-8-11-9(12(13)14)4-5-10-11/h4-5H,6-8H2,1-3H3. The van der Waals surface area contributed by atoms with Gasteiger partial charge in [-0.25, -0.2) is 10.0 Å². The fourth-order valence-corrected chi connectivity index (χ4v) is 1.66. The van der Waals surface area contributed by atoms with Crippen LogP contribution in [-0.2, 0) is 11.5 Å². The van der Waals surface area contributed by atoms with Crippen molar-refractivity contribution in [3.05, 3.63) is 22.4 Å². The normalized spacial score (nSPS) is 12.7. The van der Waals surface area contributed by atoms with Crippen molar-refractivity contribution < 1.29 is 9.66 Å². The van der Waals surface area contributed by atoms with Crippen LogP contribution in [0.2, 0.25) is 0 Å². The molecule has 16 heavy (non-hydrogen) atoms. The molecule has 0 amide bonds. The quantitative estimate of drug-likeness (QED) is 0.433. The Labute approximate surface area is 96.1 Å². The fraction of sp³-hybridized carbons (Fsp3) is 0.667. The molecule has 0 bridgehead atoms. The molecular formula is C9H17N3O3S. The Morgan fingerprint density at radius 1 is 1.56 bits per heavy atom. The first-order chi connectivity index (χ1) is 7.40. The summed E-state index contributed by atoms with van der Waals surface area (Å²) in [5, 5.41) is 14.4. The van der Waals surface area contributed by atoms with E-state index >= 15 is 0 Å². The van der Waals surface area contributed by atoms with Gasteiger partial charge in [0.15, 0.2) is 0 Å². The SMILES string of the molecule is CS(C)(C)CCOCn1nccc1[N+](=O)[O-]. The second-order valence-electron chi connectivity index (χ2n) is 4.28. The molecule has 0 saturated heterocycles. The van der Waals surface area contributed by atoms with Gasteiger partial charge in [-0.05, 0) is 23.7 Å². The molecular weight excluding hydrogens is 230 g/mol. The smallest absolute Gasteiger partial charge is 0.347 e. The second kappa shape index (κ2) is 5.31. The number of rotatable bonds is 6. The molecule has 0 atom stereocenters. The van der Waals surface area contributed by atoms with Crippen molar-refractivity contribution in [2.24, 2.45) is 0 Å². The third-order valence-corrected chi connectivity index (χ3v) is 3.33. The molecule has 0 saturated carbocycles. The summed E-state index contributed by atoms with van der Waals surface area (Å²) in [6.07, 6.45) is 8.00. The van der Waals surface area contributed by atoms with Crippen LogP contribution in [0.15, 0.2) is 12.3 Å². The molecule has 7 heteroatoms. The number of hydrogen-bond donors (Lipinski definition) is 0. The van der Waals surface area contributed by atoms with E-state index in [9.17, 15) is 10.1 Å². The summed E-state index contributed by atoms with van der Waals surface area (Å²) in [5.74, 6) is 0.949. The van der Waals surface area contributed by atoms with Crippen LogP contribution in [0.1, 0.15) is 0 Å². The molecule has 6 nitrogen and oxygen atoms in total. The maximum absolute atomic E-state index is 10.6. The molecule has 1 aromatic rings. The molecule has 0 spiro atoms. The van der Waals surface area contributed by atoms with E-state index in [4.69, 9.17) is 4.74 Å². The van der Waals surface area contributed by atoms with E-state index in [1.54, 1.807) is 0 Å². The molecule has 1 aromatic heterocycles. The van der Waals surface area contributed by atoms with Gasteiger partial charge in [0.25, 0.3) is 0 Å². The van der Waals surface area contributed by atoms with Crippen LogP contribution < -0.4 is 0 Å². The van der Waals surface area contributed by atoms with E-state index in [1.165, 1.54) is 16.9 Å². The summed E-state index contributed by atoms with van der Waals surface area (Å²) in [6.45, 7) is 0.745. The van der Waals surface area contributed by atoms with Crippen LogP contribution >= 0.6 is 10.0 Å². The minimum Gasteiger partial charge on any atom is -0.358 e. The monoisotopic (exact) mass is 247 g/mol. The highest BCUT2D eigenvalue weighted by atomic mass is 32.3. The zero-order chi connectivity index (χ0) is 12.2. The third kappa shape index (κ3) is 4.19. The average Bonchev–Trinajstić information content (AvgIpc) is 2.58. The molecule has 92 valence electrons. The molecule has 0 aromatic carbocycles. The minimum atomic E-state index is -0.580. The first-order valence-corrected chi connectivity index (χ1v) is 7.83. The average molecular weight is 247 g/mol. The lowest BCUT2D eigenvalue weighted by Gasteiger charge is -2.24. The van der Waals surface area contributed by atoms with Crippen molar-refractivity contribution in [2.45, 2.75) is 6.73 Å². The van der Waals surface area contributed by atoms with Crippen molar-refractivity contribution in [2.75, 3.05) is 31.1 Å². The number of nitro groups is 1. The van der Waals surface area contributed by atoms with Crippen LogP contribution in [0.5, 0.6) is 0 Å². The number of aromatic nitrogens is 2. The van der Waals surface area contributed by atoms with E-state index in [2.05, 4.69) is 23.9 Å². The molecule has 0 aliphatic carbocycles. The van der Waals surface area contributed by atoms with E-state index < -0.39 is 15.0 Å². The van der Waals surface area contributed by atoms with Gasteiger partial charge < -0.3 is 14.9 Å². The van der Waals surface area contributed by atoms with Gasteiger partial charge in [-0.2, -0.15) is 0 Å². The largest absolute Gasteiger partial charge is 0.358 e. The molecule has 0 N–H and O–H groups in total. The van der Waals surface area contributed by atoms with Crippen LogP contribution in [0.4, 0.5) is 5.82 Å². The van der Waals surface area contributed by atoms with Gasteiger partial charge in [-0.15, -0.1) is 4.68 Å². The Balaban J connectivity index is 2.38. The summed E-state index contributed by atoms with van der Waals surface area (Å²) < 4.78 is 6.61. The molecule has 0 aliphatic rings. The first-order valence-electron chi connectivity index (χ1n) is 4.80. The summed E-state index contributed by atoms with van der Waals surface area (Å²) in [4.78, 5) is 10.1. The van der Waals surface area contributed by atoms with Gasteiger partial charge in [-0.1, -0.05) is 5.10 Å². The van der Waals surface area contributed by atoms with Crippen molar-refractivity contribution in [1.29, 1.82) is 0 Å². The summed E-state index contributed by atoms with van der Waals surface area (Å²) in [5.41, 5.74) is 0. The van der Waals surface area contributed by atoms with Crippen LogP contribution in [-0.4, -0.2) is 45.8 Å². The van der Waals surface area contributed by atoms with Crippen molar-refractivity contribution in [3.63, 3.8) is 0 Å². The Morgan fingerprint density at radius 3 is 2.81 bits per heavy atom. The highest BCUT2D eigenvalue weighted by Gasteiger charge is 2.13. The van der Waals surface area contributed by atoms with Gasteiger partial charge in [-0.3, -0.25) is 0 Å². The van der Waals surface area contributed by atoms with Gasteiger partial charge in [0.05, 0.1) is 18.9 Å². The molecule has 0 aliphatic heterocycles. The lowest BCUT2D eigenvalue weighted by Crippen LogP contribution is -2.12. The number of ether oxygens (including phenoxy) is 1. The van der Waals surface area contributed by atoms with E-state index in [1.807, 2.05) is 0 Å². The maximum Gasteiger partial charge on any atom is 0.347 e. The highest BCUT2D eigenvalue weighted by Crippen LogP contribution is 2.33. The summed E-state index contributed by atoms with van der Waals surface area (Å²) in [7, 11) is -0.580. The Bertz CT molecular complexity index is 359. The topological polar surface area (TPSA) is 70.2 Å². The van der Waals surface area contributed by atoms with Gasteiger partial charge in [0.2, 0.25) is 6.73 Å². The van der Waals surface area contributed by atoms with Crippen LogP contribution in [0.3, 0.4) is 0 Å². The predicted molar refractivity (Wildman–Crippen MR) is 65.1 cm³/mol. The van der Waals surface area contributed by atoms with Crippen LogP contribution in [0.25, 0.3) is 0 Å². The van der Waals surface area contributed by atoms with Gasteiger partial charge in [0.1, 0.15) is 0 Å². The predicted octanol–water partition coefficient (Wildman–Crippen LogP) is 1.46. The van der Waals surface area contributed by atoms with Gasteiger partial charge in [0, 0.05) is 5.75 Å². The lowest BCUT2D eigenvalue weighted by molar-refractivity contribution is -0.393. The second-order valence-corrected chi connectivity index (χ2v) is 8.87. The molecule has 1 rings (SSSR count). The molecule has 0 fully saturated rings. The zero-order valence-electron chi connectivity index (χ0n) is 9.75. The zero-order valence-corrected chi connectivity index (χ0v) is 10.6. The Kier molecular flexibility index (Phi) is 4.31. The van der Waals surface area contributed by atoms with Crippen molar-refractivity contribution >= 4 is 15.8 Å².